The van der Waals surface area contributed by atoms with E-state index >= 15 is 0 Å². The summed E-state index contributed by atoms with van der Waals surface area (Å²) in [6.45, 7) is 1.33. The molecule has 1 aliphatic heterocycles. The normalized spacial score (nSPS) is 17.6. The molecule has 0 spiro atoms. The number of amides is 1. The maximum atomic E-state index is 12.1. The molecule has 0 unspecified atom stereocenters. The van der Waals surface area contributed by atoms with E-state index in [1.165, 1.54) is 12.1 Å². The smallest absolute Gasteiger partial charge is 0.387 e. The van der Waals surface area contributed by atoms with E-state index in [9.17, 15) is 18.4 Å². The van der Waals surface area contributed by atoms with Crippen LogP contribution in [0.5, 0.6) is 5.75 Å². The molecule has 1 aromatic carbocycles. The van der Waals surface area contributed by atoms with Crippen LogP contribution in [0.2, 0.25) is 0 Å². The summed E-state index contributed by atoms with van der Waals surface area (Å²) in [5, 5.41) is 2.85. The van der Waals surface area contributed by atoms with Crippen molar-refractivity contribution in [3.8, 4) is 5.75 Å². The van der Waals surface area contributed by atoms with Crippen LogP contribution in [0.15, 0.2) is 24.3 Å². The lowest BCUT2D eigenvalue weighted by Gasteiger charge is -2.30. The van der Waals surface area contributed by atoms with E-state index < -0.39 is 6.61 Å². The van der Waals surface area contributed by atoms with E-state index in [0.29, 0.717) is 26.1 Å². The zero-order valence-electron chi connectivity index (χ0n) is 15.5. The van der Waals surface area contributed by atoms with Crippen molar-refractivity contribution in [3.05, 3.63) is 29.8 Å². The number of rotatable bonds is 9. The molecule has 1 amide bonds. The summed E-state index contributed by atoms with van der Waals surface area (Å²) >= 11 is 0. The van der Waals surface area contributed by atoms with Gasteiger partial charge >= 0.3 is 12.6 Å². The van der Waals surface area contributed by atoms with Crippen LogP contribution in [0.4, 0.5) is 8.78 Å². The molecule has 1 heterocycles. The number of alkyl halides is 2. The maximum absolute atomic E-state index is 12.1. The van der Waals surface area contributed by atoms with Crippen molar-refractivity contribution in [1.82, 2.24) is 10.2 Å². The second-order valence-corrected chi connectivity index (χ2v) is 6.45. The van der Waals surface area contributed by atoms with Gasteiger partial charge < -0.3 is 14.8 Å². The van der Waals surface area contributed by atoms with Gasteiger partial charge in [-0.15, -0.1) is 0 Å². The molecule has 1 saturated heterocycles. The minimum absolute atomic E-state index is 0.0998. The third kappa shape index (κ3) is 7.50. The van der Waals surface area contributed by atoms with Crippen LogP contribution in [0.3, 0.4) is 0 Å². The number of carbonyl (C=O) groups excluding carboxylic acids is 2. The summed E-state index contributed by atoms with van der Waals surface area (Å²) in [4.78, 5) is 25.9. The van der Waals surface area contributed by atoms with Gasteiger partial charge in [-0.3, -0.25) is 14.5 Å². The molecule has 0 radical (unpaired) electrons. The fraction of sp³-hybridized carbons (Fsp3) is 0.579. The van der Waals surface area contributed by atoms with E-state index in [2.05, 4.69) is 10.1 Å². The Morgan fingerprint density at radius 2 is 2.04 bits per heavy atom. The average molecular weight is 384 g/mol. The van der Waals surface area contributed by atoms with Gasteiger partial charge in [0.2, 0.25) is 5.91 Å². The first kappa shape index (κ1) is 21.1. The van der Waals surface area contributed by atoms with Crippen LogP contribution in [-0.4, -0.2) is 56.2 Å². The lowest BCUT2D eigenvalue weighted by Crippen LogP contribution is -2.44. The highest BCUT2D eigenvalue weighted by molar-refractivity contribution is 5.78. The number of likely N-dealkylation sites (tertiary alicyclic amines) is 1. The number of benzene rings is 1. The molecule has 1 N–H and O–H groups in total. The van der Waals surface area contributed by atoms with Gasteiger partial charge in [0.05, 0.1) is 19.1 Å². The molecular formula is C19H26F2N2O4. The van der Waals surface area contributed by atoms with Crippen molar-refractivity contribution >= 4 is 11.9 Å². The monoisotopic (exact) mass is 384 g/mol. The fourth-order valence-corrected chi connectivity index (χ4v) is 3.09. The Kier molecular flexibility index (Phi) is 8.44. The van der Waals surface area contributed by atoms with Crippen molar-refractivity contribution in [1.29, 1.82) is 0 Å². The summed E-state index contributed by atoms with van der Waals surface area (Å²) < 4.78 is 33.6. The van der Waals surface area contributed by atoms with Crippen LogP contribution in [0.1, 0.15) is 25.3 Å². The number of piperidine rings is 1. The fourth-order valence-electron chi connectivity index (χ4n) is 3.09. The van der Waals surface area contributed by atoms with Gasteiger partial charge in [0.25, 0.3) is 0 Å². The minimum atomic E-state index is -2.84. The molecular weight excluding hydrogens is 358 g/mol. The third-order valence-electron chi connectivity index (χ3n) is 4.38. The molecule has 0 aromatic heterocycles. The highest BCUT2D eigenvalue weighted by atomic mass is 19.3. The summed E-state index contributed by atoms with van der Waals surface area (Å²) in [6.07, 6.45) is 2.25. The second-order valence-electron chi connectivity index (χ2n) is 6.45. The van der Waals surface area contributed by atoms with Gasteiger partial charge in [-0.05, 0) is 50.4 Å². The zero-order valence-corrected chi connectivity index (χ0v) is 15.5. The molecule has 150 valence electrons. The Hall–Kier alpha value is -2.22. The summed E-state index contributed by atoms with van der Waals surface area (Å²) in [5.41, 5.74) is 0.914. The van der Waals surface area contributed by atoms with Gasteiger partial charge in [-0.1, -0.05) is 12.1 Å². The van der Waals surface area contributed by atoms with Crippen LogP contribution in [0.25, 0.3) is 0 Å². The Balaban J connectivity index is 1.69. The molecule has 27 heavy (non-hydrogen) atoms. The van der Waals surface area contributed by atoms with Gasteiger partial charge in [0.15, 0.2) is 0 Å². The molecule has 2 rings (SSSR count). The maximum Gasteiger partial charge on any atom is 0.387 e. The highest BCUT2D eigenvalue weighted by Crippen LogP contribution is 2.18. The minimum Gasteiger partial charge on any atom is -0.466 e. The van der Waals surface area contributed by atoms with Gasteiger partial charge in [0, 0.05) is 13.1 Å². The molecule has 1 aromatic rings. The first-order valence-electron chi connectivity index (χ1n) is 9.17. The number of hydrogen-bond donors (Lipinski definition) is 1. The van der Waals surface area contributed by atoms with E-state index in [-0.39, 0.29) is 30.1 Å². The predicted molar refractivity (Wildman–Crippen MR) is 95.6 cm³/mol. The van der Waals surface area contributed by atoms with Crippen LogP contribution in [0, 0.1) is 5.92 Å². The van der Waals surface area contributed by atoms with E-state index in [1.54, 1.807) is 19.1 Å². The summed E-state index contributed by atoms with van der Waals surface area (Å²) in [7, 11) is 0. The Labute approximate surface area is 157 Å². The third-order valence-corrected chi connectivity index (χ3v) is 4.38. The molecule has 0 bridgehead atoms. The first-order chi connectivity index (χ1) is 13.0. The predicted octanol–water partition coefficient (Wildman–Crippen LogP) is 2.22. The first-order valence-corrected chi connectivity index (χ1v) is 9.17. The van der Waals surface area contributed by atoms with E-state index in [1.807, 2.05) is 4.90 Å². The topological polar surface area (TPSA) is 67.9 Å². The molecule has 8 heteroatoms. The number of nitrogens with one attached hydrogen (secondary N) is 1. The number of hydrogen-bond acceptors (Lipinski definition) is 5. The second kappa shape index (κ2) is 10.8. The van der Waals surface area contributed by atoms with Gasteiger partial charge in [-0.2, -0.15) is 8.78 Å². The van der Waals surface area contributed by atoms with Crippen LogP contribution < -0.4 is 10.1 Å². The van der Waals surface area contributed by atoms with Crippen LogP contribution >= 0.6 is 0 Å². The van der Waals surface area contributed by atoms with Crippen molar-refractivity contribution in [2.24, 2.45) is 5.92 Å². The van der Waals surface area contributed by atoms with E-state index in [0.717, 1.165) is 24.9 Å². The Morgan fingerprint density at radius 3 is 2.70 bits per heavy atom. The quantitative estimate of drug-likeness (QED) is 0.662. The molecule has 1 fully saturated rings. The number of esters is 1. The molecule has 0 saturated carbocycles. The van der Waals surface area contributed by atoms with Crippen molar-refractivity contribution in [3.63, 3.8) is 0 Å². The molecule has 1 atom stereocenters. The van der Waals surface area contributed by atoms with Crippen LogP contribution in [-0.2, 0) is 20.7 Å². The standard InChI is InChI=1S/C19H26F2N2O4/c1-2-26-18(25)15-4-3-11-23(12-15)13-17(24)22-10-9-14-5-7-16(8-6-14)27-19(20)21/h5-8,15,19H,2-4,9-13H2,1H3,(H,22,24)/t15-/m0/s1. The zero-order chi connectivity index (χ0) is 19.6. The van der Waals surface area contributed by atoms with E-state index in [4.69, 9.17) is 4.74 Å². The SMILES string of the molecule is CCOC(=O)[C@H]1CCCN(CC(=O)NCCc2ccc(OC(F)F)cc2)C1. The van der Waals surface area contributed by atoms with Gasteiger partial charge in [-0.25, -0.2) is 0 Å². The largest absolute Gasteiger partial charge is 0.466 e. The summed E-state index contributed by atoms with van der Waals surface area (Å²) in [6, 6.07) is 6.34. The number of carbonyl (C=O) groups is 2. The van der Waals surface area contributed by atoms with Crippen molar-refractivity contribution in [2.75, 3.05) is 32.8 Å². The molecule has 1 aliphatic rings. The number of ether oxygens (including phenoxy) is 2. The number of halogens is 2. The average Bonchev–Trinajstić information content (AvgIpc) is 2.63. The Bertz CT molecular complexity index is 610. The van der Waals surface area contributed by atoms with Gasteiger partial charge in [0.1, 0.15) is 5.75 Å². The Morgan fingerprint density at radius 1 is 1.30 bits per heavy atom. The molecule has 0 aliphatic carbocycles. The lowest BCUT2D eigenvalue weighted by atomic mass is 9.98. The highest BCUT2D eigenvalue weighted by Gasteiger charge is 2.27. The number of nitrogens with zero attached hydrogens (tertiary/aromatic N) is 1. The van der Waals surface area contributed by atoms with Crippen molar-refractivity contribution in [2.45, 2.75) is 32.8 Å². The summed E-state index contributed by atoms with van der Waals surface area (Å²) in [5.74, 6) is -0.349. The lowest BCUT2D eigenvalue weighted by molar-refractivity contribution is -0.150. The molecule has 6 nitrogen and oxygen atoms in total. The van der Waals surface area contributed by atoms with Crippen molar-refractivity contribution < 1.29 is 27.8 Å².